The Kier molecular flexibility index (Phi) is 6.63. The van der Waals surface area contributed by atoms with Gasteiger partial charge >= 0.3 is 12.0 Å². The Morgan fingerprint density at radius 3 is 2.71 bits per heavy atom. The van der Waals surface area contributed by atoms with Gasteiger partial charge in [-0.05, 0) is 19.3 Å². The van der Waals surface area contributed by atoms with Crippen LogP contribution < -0.4 is 10.6 Å². The lowest BCUT2D eigenvalue weighted by Crippen LogP contribution is -2.47. The van der Waals surface area contributed by atoms with Gasteiger partial charge in [-0.3, -0.25) is 9.69 Å². The third kappa shape index (κ3) is 5.74. The number of urea groups is 1. The number of hydrogen-bond acceptors (Lipinski definition) is 4. The zero-order valence-electron chi connectivity index (χ0n) is 12.3. The maximum atomic E-state index is 11.8. The fraction of sp³-hybridized carbons (Fsp3) is 0.857. The van der Waals surface area contributed by atoms with Crippen LogP contribution in [0.3, 0.4) is 0 Å². The van der Waals surface area contributed by atoms with Crippen molar-refractivity contribution in [3.63, 3.8) is 0 Å². The molecule has 0 aromatic rings. The van der Waals surface area contributed by atoms with Gasteiger partial charge in [-0.2, -0.15) is 11.8 Å². The van der Waals surface area contributed by atoms with Gasteiger partial charge in [0.05, 0.1) is 5.92 Å². The van der Waals surface area contributed by atoms with Gasteiger partial charge < -0.3 is 15.7 Å². The topological polar surface area (TPSA) is 81.7 Å². The van der Waals surface area contributed by atoms with E-state index in [1.165, 1.54) is 11.5 Å². The zero-order chi connectivity index (χ0) is 15.1. The molecule has 2 unspecified atom stereocenters. The molecule has 0 bridgehead atoms. The minimum Gasteiger partial charge on any atom is -0.481 e. The average molecular weight is 315 g/mol. The molecule has 0 aromatic carbocycles. The summed E-state index contributed by atoms with van der Waals surface area (Å²) in [7, 11) is 0. The third-order valence-corrected chi connectivity index (χ3v) is 5.12. The lowest BCUT2D eigenvalue weighted by Gasteiger charge is -2.28. The van der Waals surface area contributed by atoms with E-state index in [-0.39, 0.29) is 18.0 Å². The summed E-state index contributed by atoms with van der Waals surface area (Å²) in [5.74, 6) is 1.29. The van der Waals surface area contributed by atoms with Crippen LogP contribution in [-0.4, -0.2) is 65.7 Å². The summed E-state index contributed by atoms with van der Waals surface area (Å²) >= 11 is 1.97. The van der Waals surface area contributed by atoms with E-state index >= 15 is 0 Å². The maximum Gasteiger partial charge on any atom is 0.315 e. The predicted molar refractivity (Wildman–Crippen MR) is 83.7 cm³/mol. The van der Waals surface area contributed by atoms with Crippen LogP contribution in [0.25, 0.3) is 0 Å². The number of thioether (sulfide) groups is 1. The molecular formula is C14H25N3O3S. The molecule has 3 N–H and O–H groups in total. The molecule has 2 aliphatic rings. The Hall–Kier alpha value is -0.950. The van der Waals surface area contributed by atoms with E-state index in [1.807, 2.05) is 11.8 Å². The number of nitrogens with zero attached hydrogens (tertiary/aromatic N) is 1. The van der Waals surface area contributed by atoms with E-state index in [0.29, 0.717) is 13.0 Å². The predicted octanol–water partition coefficient (Wildman–Crippen LogP) is 0.978. The van der Waals surface area contributed by atoms with Crippen molar-refractivity contribution in [2.24, 2.45) is 5.92 Å². The molecule has 2 amide bonds. The fourth-order valence-corrected chi connectivity index (χ4v) is 3.91. The molecule has 6 nitrogen and oxygen atoms in total. The van der Waals surface area contributed by atoms with E-state index in [1.54, 1.807) is 0 Å². The van der Waals surface area contributed by atoms with Gasteiger partial charge in [-0.1, -0.05) is 6.42 Å². The number of rotatable bonds is 5. The van der Waals surface area contributed by atoms with E-state index in [4.69, 9.17) is 5.11 Å². The second-order valence-electron chi connectivity index (χ2n) is 5.75. The highest BCUT2D eigenvalue weighted by Crippen LogP contribution is 2.24. The first kappa shape index (κ1) is 16.4. The van der Waals surface area contributed by atoms with Gasteiger partial charge in [0.25, 0.3) is 0 Å². The summed E-state index contributed by atoms with van der Waals surface area (Å²) in [6, 6.07) is -0.177. The van der Waals surface area contributed by atoms with Gasteiger partial charge in [-0.25, -0.2) is 4.79 Å². The number of carboxylic acids is 1. The summed E-state index contributed by atoms with van der Waals surface area (Å²) < 4.78 is 0. The lowest BCUT2D eigenvalue weighted by atomic mass is 9.86. The minimum atomic E-state index is -0.745. The molecule has 1 aliphatic heterocycles. The van der Waals surface area contributed by atoms with E-state index in [2.05, 4.69) is 15.5 Å². The van der Waals surface area contributed by atoms with Crippen molar-refractivity contribution in [2.45, 2.75) is 31.7 Å². The number of hydrogen-bond donors (Lipinski definition) is 3. The number of carbonyl (C=O) groups is 2. The number of carbonyl (C=O) groups excluding carboxylic acids is 1. The second-order valence-corrected chi connectivity index (χ2v) is 6.98. The van der Waals surface area contributed by atoms with Gasteiger partial charge in [0.15, 0.2) is 0 Å². The van der Waals surface area contributed by atoms with Crippen LogP contribution in [0.15, 0.2) is 0 Å². The number of aliphatic carboxylic acids is 1. The molecule has 0 aromatic heterocycles. The SMILES string of the molecule is O=C(NCCN1CCSCC1)NC1CCCC(C(=O)O)C1. The van der Waals surface area contributed by atoms with Gasteiger partial charge in [0.2, 0.25) is 0 Å². The molecule has 7 heteroatoms. The van der Waals surface area contributed by atoms with E-state index in [9.17, 15) is 9.59 Å². The highest BCUT2D eigenvalue weighted by atomic mass is 32.2. The van der Waals surface area contributed by atoms with Crippen molar-refractivity contribution in [1.82, 2.24) is 15.5 Å². The second kappa shape index (κ2) is 8.48. The largest absolute Gasteiger partial charge is 0.481 e. The first-order valence-electron chi connectivity index (χ1n) is 7.72. The highest BCUT2D eigenvalue weighted by Gasteiger charge is 2.27. The monoisotopic (exact) mass is 315 g/mol. The van der Waals surface area contributed by atoms with Crippen molar-refractivity contribution >= 4 is 23.8 Å². The molecule has 1 heterocycles. The standard InChI is InChI=1S/C14H25N3O3S/c18-13(19)11-2-1-3-12(10-11)16-14(20)15-4-5-17-6-8-21-9-7-17/h11-12H,1-10H2,(H,18,19)(H2,15,16,20). The third-order valence-electron chi connectivity index (χ3n) is 4.18. The van der Waals surface area contributed by atoms with Crippen LogP contribution in [0.1, 0.15) is 25.7 Å². The van der Waals surface area contributed by atoms with E-state index < -0.39 is 5.97 Å². The molecule has 1 aliphatic carbocycles. The van der Waals surface area contributed by atoms with Gasteiger partial charge in [0.1, 0.15) is 0 Å². The number of nitrogens with one attached hydrogen (secondary N) is 2. The first-order chi connectivity index (χ1) is 10.1. The quantitative estimate of drug-likeness (QED) is 0.704. The first-order valence-corrected chi connectivity index (χ1v) is 8.88. The molecule has 120 valence electrons. The van der Waals surface area contributed by atoms with Crippen molar-refractivity contribution in [3.8, 4) is 0 Å². The molecule has 1 saturated heterocycles. The molecule has 2 atom stereocenters. The molecule has 0 radical (unpaired) electrons. The number of carboxylic acid groups (broad SMARTS) is 1. The summed E-state index contributed by atoms with van der Waals surface area (Å²) in [6.07, 6.45) is 3.02. The van der Waals surface area contributed by atoms with Crippen LogP contribution in [0.4, 0.5) is 4.79 Å². The molecule has 2 fully saturated rings. The van der Waals surface area contributed by atoms with E-state index in [0.717, 1.165) is 38.9 Å². The Bertz CT molecular complexity index is 361. The Labute approximate surface area is 130 Å². The summed E-state index contributed by atoms with van der Waals surface area (Å²) in [5, 5.41) is 14.8. The molecule has 21 heavy (non-hydrogen) atoms. The van der Waals surface area contributed by atoms with Crippen LogP contribution in [0.2, 0.25) is 0 Å². The van der Waals surface area contributed by atoms with Crippen LogP contribution >= 0.6 is 11.8 Å². The van der Waals surface area contributed by atoms with Crippen LogP contribution in [0.5, 0.6) is 0 Å². The normalized spacial score (nSPS) is 27.0. The van der Waals surface area contributed by atoms with Crippen molar-refractivity contribution in [1.29, 1.82) is 0 Å². The summed E-state index contributed by atoms with van der Waals surface area (Å²) in [5.41, 5.74) is 0. The lowest BCUT2D eigenvalue weighted by molar-refractivity contribution is -0.143. The number of amides is 2. The minimum absolute atomic E-state index is 0.00811. The van der Waals surface area contributed by atoms with Gasteiger partial charge in [-0.15, -0.1) is 0 Å². The molecule has 0 spiro atoms. The van der Waals surface area contributed by atoms with Crippen molar-refractivity contribution in [2.75, 3.05) is 37.7 Å². The molecule has 1 saturated carbocycles. The zero-order valence-corrected chi connectivity index (χ0v) is 13.2. The van der Waals surface area contributed by atoms with Crippen LogP contribution in [0, 0.1) is 5.92 Å². The smallest absolute Gasteiger partial charge is 0.315 e. The Balaban J connectivity index is 1.61. The summed E-state index contributed by atoms with van der Waals surface area (Å²) in [6.45, 7) is 3.72. The average Bonchev–Trinajstić information content (AvgIpc) is 2.48. The highest BCUT2D eigenvalue weighted by molar-refractivity contribution is 7.99. The maximum absolute atomic E-state index is 11.8. The Morgan fingerprint density at radius 2 is 2.00 bits per heavy atom. The molecule has 2 rings (SSSR count). The van der Waals surface area contributed by atoms with Gasteiger partial charge in [0, 0.05) is 43.7 Å². The van der Waals surface area contributed by atoms with Crippen molar-refractivity contribution < 1.29 is 14.7 Å². The Morgan fingerprint density at radius 1 is 1.24 bits per heavy atom. The molecular weight excluding hydrogens is 290 g/mol. The van der Waals surface area contributed by atoms with Crippen LogP contribution in [-0.2, 0) is 4.79 Å². The fourth-order valence-electron chi connectivity index (χ4n) is 2.93. The summed E-state index contributed by atoms with van der Waals surface area (Å²) in [4.78, 5) is 25.2. The van der Waals surface area contributed by atoms with Crippen molar-refractivity contribution in [3.05, 3.63) is 0 Å².